The molecule has 4 heteroatoms. The van der Waals surface area contributed by atoms with Crippen molar-refractivity contribution in [1.29, 1.82) is 0 Å². The van der Waals surface area contributed by atoms with Crippen molar-refractivity contribution in [2.75, 3.05) is 11.5 Å². The van der Waals surface area contributed by atoms with Gasteiger partial charge in [-0.05, 0) is 42.8 Å². The molecular formula is C18H24N2O2. The third kappa shape index (κ3) is 4.88. The fourth-order valence-electron chi connectivity index (χ4n) is 2.13. The van der Waals surface area contributed by atoms with Crippen LogP contribution in [0.2, 0.25) is 0 Å². The second-order valence-electron chi connectivity index (χ2n) is 5.27. The van der Waals surface area contributed by atoms with E-state index in [1.54, 1.807) is 0 Å². The van der Waals surface area contributed by atoms with Crippen molar-refractivity contribution in [2.45, 2.75) is 38.9 Å². The first-order chi connectivity index (χ1) is 10.7. The first-order valence-electron chi connectivity index (χ1n) is 7.72. The number of rotatable bonds is 8. The highest BCUT2D eigenvalue weighted by Gasteiger charge is 2.13. The molecule has 22 heavy (non-hydrogen) atoms. The highest BCUT2D eigenvalue weighted by atomic mass is 16.7. The summed E-state index contributed by atoms with van der Waals surface area (Å²) in [5.74, 6) is 1.39. The van der Waals surface area contributed by atoms with E-state index in [9.17, 15) is 0 Å². The van der Waals surface area contributed by atoms with E-state index in [0.29, 0.717) is 17.1 Å². The number of unbranched alkanes of at least 4 members (excludes halogenated alkanes) is 2. The molecular weight excluding hydrogens is 276 g/mol. The minimum Gasteiger partial charge on any atom is -0.455 e. The topological polar surface area (TPSA) is 70.5 Å². The molecule has 1 unspecified atom stereocenters. The molecule has 0 spiro atoms. The minimum absolute atomic E-state index is 0.361. The zero-order chi connectivity index (χ0) is 15.8. The molecule has 0 saturated heterocycles. The van der Waals surface area contributed by atoms with Crippen molar-refractivity contribution in [3.63, 3.8) is 0 Å². The van der Waals surface area contributed by atoms with Gasteiger partial charge in [0, 0.05) is 12.1 Å². The number of benzene rings is 2. The predicted molar refractivity (Wildman–Crippen MR) is 90.9 cm³/mol. The zero-order valence-corrected chi connectivity index (χ0v) is 13.0. The molecule has 4 nitrogen and oxygen atoms in total. The molecule has 0 aliphatic rings. The largest absolute Gasteiger partial charge is 0.455 e. The maximum absolute atomic E-state index is 5.95. The van der Waals surface area contributed by atoms with Gasteiger partial charge in [-0.3, -0.25) is 0 Å². The lowest BCUT2D eigenvalue weighted by atomic mass is 10.2. The Morgan fingerprint density at radius 1 is 0.909 bits per heavy atom. The summed E-state index contributed by atoms with van der Waals surface area (Å²) in [6.07, 6.45) is 3.80. The van der Waals surface area contributed by atoms with E-state index in [0.717, 1.165) is 31.4 Å². The summed E-state index contributed by atoms with van der Waals surface area (Å²) < 4.78 is 11.9. The fraction of sp³-hybridized carbons (Fsp3) is 0.333. The molecule has 0 radical (unpaired) electrons. The quantitative estimate of drug-likeness (QED) is 0.435. The van der Waals surface area contributed by atoms with Gasteiger partial charge in [-0.15, -0.1) is 0 Å². The van der Waals surface area contributed by atoms with E-state index in [2.05, 4.69) is 6.92 Å². The average molecular weight is 300 g/mol. The molecule has 0 heterocycles. The lowest BCUT2D eigenvalue weighted by Crippen LogP contribution is -2.24. The van der Waals surface area contributed by atoms with Crippen molar-refractivity contribution in [3.05, 3.63) is 48.5 Å². The smallest absolute Gasteiger partial charge is 0.241 e. The minimum atomic E-state index is -0.361. The molecule has 0 aliphatic carbocycles. The number of para-hydroxylation sites is 2. The SMILES string of the molecule is CCCCCC(Oc1ccc(N)cc1)Oc1ccccc1N. The number of nitrogens with two attached hydrogens (primary N) is 2. The maximum Gasteiger partial charge on any atom is 0.241 e. The lowest BCUT2D eigenvalue weighted by molar-refractivity contribution is -0.00180. The van der Waals surface area contributed by atoms with Crippen LogP contribution in [0.25, 0.3) is 0 Å². The van der Waals surface area contributed by atoms with Crippen LogP contribution in [0.15, 0.2) is 48.5 Å². The highest BCUT2D eigenvalue weighted by Crippen LogP contribution is 2.24. The van der Waals surface area contributed by atoms with Gasteiger partial charge < -0.3 is 20.9 Å². The van der Waals surface area contributed by atoms with Crippen LogP contribution < -0.4 is 20.9 Å². The van der Waals surface area contributed by atoms with Gasteiger partial charge in [0.05, 0.1) is 5.69 Å². The summed E-state index contributed by atoms with van der Waals surface area (Å²) in [5.41, 5.74) is 13.0. The van der Waals surface area contributed by atoms with Crippen molar-refractivity contribution >= 4 is 11.4 Å². The van der Waals surface area contributed by atoms with Crippen molar-refractivity contribution in [3.8, 4) is 11.5 Å². The molecule has 2 rings (SSSR count). The standard InChI is InChI=1S/C18H24N2O2/c1-2-3-4-9-18(21-15-12-10-14(19)11-13-15)22-17-8-6-5-7-16(17)20/h5-8,10-13,18H,2-4,9,19-20H2,1H3. The Kier molecular flexibility index (Phi) is 5.95. The molecule has 0 saturated carbocycles. The van der Waals surface area contributed by atoms with Crippen LogP contribution in [0.1, 0.15) is 32.6 Å². The summed E-state index contributed by atoms with van der Waals surface area (Å²) in [7, 11) is 0. The van der Waals surface area contributed by atoms with Crippen LogP contribution in [0.5, 0.6) is 11.5 Å². The summed E-state index contributed by atoms with van der Waals surface area (Å²) in [6.45, 7) is 2.17. The van der Waals surface area contributed by atoms with Crippen LogP contribution >= 0.6 is 0 Å². The second kappa shape index (κ2) is 8.17. The first-order valence-corrected chi connectivity index (χ1v) is 7.72. The van der Waals surface area contributed by atoms with E-state index in [1.165, 1.54) is 0 Å². The van der Waals surface area contributed by atoms with Gasteiger partial charge in [-0.2, -0.15) is 0 Å². The third-order valence-corrected chi connectivity index (χ3v) is 3.37. The second-order valence-corrected chi connectivity index (χ2v) is 5.27. The van der Waals surface area contributed by atoms with Crippen LogP contribution in [0, 0.1) is 0 Å². The number of hydrogen-bond acceptors (Lipinski definition) is 4. The van der Waals surface area contributed by atoms with Gasteiger partial charge in [0.15, 0.2) is 0 Å². The number of hydrogen-bond donors (Lipinski definition) is 2. The summed E-state index contributed by atoms with van der Waals surface area (Å²) >= 11 is 0. The number of anilines is 2. The molecule has 2 aromatic carbocycles. The Labute approximate surface area is 132 Å². The molecule has 0 amide bonds. The third-order valence-electron chi connectivity index (χ3n) is 3.37. The number of ether oxygens (including phenoxy) is 2. The molecule has 0 bridgehead atoms. The van der Waals surface area contributed by atoms with E-state index in [4.69, 9.17) is 20.9 Å². The van der Waals surface area contributed by atoms with E-state index in [-0.39, 0.29) is 6.29 Å². The van der Waals surface area contributed by atoms with Gasteiger partial charge >= 0.3 is 0 Å². The summed E-state index contributed by atoms with van der Waals surface area (Å²) in [6, 6.07) is 14.8. The van der Waals surface area contributed by atoms with Crippen LogP contribution in [0.3, 0.4) is 0 Å². The van der Waals surface area contributed by atoms with Crippen molar-refractivity contribution < 1.29 is 9.47 Å². The normalized spacial score (nSPS) is 11.9. The van der Waals surface area contributed by atoms with Gasteiger partial charge in [0.1, 0.15) is 11.5 Å². The lowest BCUT2D eigenvalue weighted by Gasteiger charge is -2.21. The summed E-state index contributed by atoms with van der Waals surface area (Å²) in [5, 5.41) is 0. The van der Waals surface area contributed by atoms with Crippen LogP contribution in [-0.2, 0) is 0 Å². The Hall–Kier alpha value is -2.36. The van der Waals surface area contributed by atoms with Gasteiger partial charge in [-0.25, -0.2) is 0 Å². The molecule has 0 aliphatic heterocycles. The highest BCUT2D eigenvalue weighted by molar-refractivity contribution is 5.51. The van der Waals surface area contributed by atoms with Crippen LogP contribution in [0.4, 0.5) is 11.4 Å². The fourth-order valence-corrected chi connectivity index (χ4v) is 2.13. The molecule has 0 aromatic heterocycles. The van der Waals surface area contributed by atoms with E-state index in [1.807, 2.05) is 48.5 Å². The first kappa shape index (κ1) is 16.0. The van der Waals surface area contributed by atoms with Gasteiger partial charge in [-0.1, -0.05) is 31.9 Å². The number of nitrogen functional groups attached to an aromatic ring is 2. The molecule has 0 fully saturated rings. The van der Waals surface area contributed by atoms with E-state index >= 15 is 0 Å². The zero-order valence-electron chi connectivity index (χ0n) is 13.0. The van der Waals surface area contributed by atoms with Gasteiger partial charge in [0.2, 0.25) is 6.29 Å². The van der Waals surface area contributed by atoms with Crippen LogP contribution in [-0.4, -0.2) is 6.29 Å². The van der Waals surface area contributed by atoms with E-state index < -0.39 is 0 Å². The monoisotopic (exact) mass is 300 g/mol. The van der Waals surface area contributed by atoms with Gasteiger partial charge in [0.25, 0.3) is 0 Å². The molecule has 2 aromatic rings. The average Bonchev–Trinajstić information content (AvgIpc) is 2.52. The summed E-state index contributed by atoms with van der Waals surface area (Å²) in [4.78, 5) is 0. The Bertz CT molecular complexity index is 570. The maximum atomic E-state index is 5.95. The Balaban J connectivity index is 2.04. The Morgan fingerprint density at radius 3 is 2.32 bits per heavy atom. The Morgan fingerprint density at radius 2 is 1.64 bits per heavy atom. The molecule has 4 N–H and O–H groups in total. The predicted octanol–water partition coefficient (Wildman–Crippen LogP) is 4.22. The molecule has 118 valence electrons. The van der Waals surface area contributed by atoms with Crippen molar-refractivity contribution in [2.24, 2.45) is 0 Å². The van der Waals surface area contributed by atoms with Crippen molar-refractivity contribution in [1.82, 2.24) is 0 Å². The molecule has 1 atom stereocenters.